The van der Waals surface area contributed by atoms with Crippen molar-refractivity contribution in [2.75, 3.05) is 5.33 Å². The average molecular weight is 323 g/mol. The van der Waals surface area contributed by atoms with E-state index in [9.17, 15) is 5.11 Å². The maximum absolute atomic E-state index is 9.59. The average Bonchev–Trinajstić information content (AvgIpc) is 2.26. The Kier molecular flexibility index (Phi) is 5.70. The third kappa shape index (κ3) is 4.09. The van der Waals surface area contributed by atoms with Crippen LogP contribution in [0.25, 0.3) is 0 Å². The molecule has 0 aliphatic rings. The largest absolute Gasteiger partial charge is 0.377 e. The zero-order chi connectivity index (χ0) is 10.4. The Labute approximate surface area is 101 Å². The highest BCUT2D eigenvalue weighted by molar-refractivity contribution is 9.12. The third-order valence-corrected chi connectivity index (χ3v) is 4.24. The summed E-state index contributed by atoms with van der Waals surface area (Å²) in [7, 11) is 0. The Bertz CT molecular complexity index is 256. The first-order valence-corrected chi connectivity index (χ1v) is 6.43. The summed E-state index contributed by atoms with van der Waals surface area (Å²) in [5.41, 5.74) is 1.17. The Morgan fingerprint density at radius 1 is 1.29 bits per heavy atom. The summed E-state index contributed by atoms with van der Waals surface area (Å²) in [5.74, 6) is 0. The molecule has 2 nitrogen and oxygen atoms in total. The second kappa shape index (κ2) is 6.56. The summed E-state index contributed by atoms with van der Waals surface area (Å²) < 4.78 is 0. The molecule has 0 saturated carbocycles. The monoisotopic (exact) mass is 321 g/mol. The first-order valence-electron chi connectivity index (χ1n) is 4.39. The molecule has 0 bridgehead atoms. The Morgan fingerprint density at radius 3 is 2.50 bits per heavy atom. The predicted molar refractivity (Wildman–Crippen MR) is 65.8 cm³/mol. The number of nitrogens with one attached hydrogen (secondary N) is 1. The second-order valence-corrected chi connectivity index (χ2v) is 4.81. The van der Waals surface area contributed by atoms with E-state index in [1.807, 2.05) is 30.3 Å². The van der Waals surface area contributed by atoms with Crippen LogP contribution in [0.2, 0.25) is 0 Å². The van der Waals surface area contributed by atoms with Gasteiger partial charge in [0, 0.05) is 11.9 Å². The smallest absolute Gasteiger partial charge is 0.118 e. The summed E-state index contributed by atoms with van der Waals surface area (Å²) in [6.07, 6.45) is -0.533. The number of aliphatic hydroxyl groups excluding tert-OH is 1. The second-order valence-electron chi connectivity index (χ2n) is 2.98. The van der Waals surface area contributed by atoms with Gasteiger partial charge < -0.3 is 5.11 Å². The van der Waals surface area contributed by atoms with Crippen molar-refractivity contribution in [1.82, 2.24) is 5.32 Å². The highest BCUT2D eigenvalue weighted by Crippen LogP contribution is 2.08. The summed E-state index contributed by atoms with van der Waals surface area (Å²) in [6.45, 7) is 0.678. The molecule has 2 atom stereocenters. The zero-order valence-electron chi connectivity index (χ0n) is 7.66. The van der Waals surface area contributed by atoms with Crippen molar-refractivity contribution in [2.45, 2.75) is 17.6 Å². The van der Waals surface area contributed by atoms with Crippen molar-refractivity contribution in [2.24, 2.45) is 0 Å². The van der Waals surface area contributed by atoms with Gasteiger partial charge in [0.25, 0.3) is 0 Å². The quantitative estimate of drug-likeness (QED) is 0.644. The van der Waals surface area contributed by atoms with Crippen LogP contribution in [0, 0.1) is 0 Å². The van der Waals surface area contributed by atoms with E-state index in [0.29, 0.717) is 6.54 Å². The number of halogens is 2. The van der Waals surface area contributed by atoms with Gasteiger partial charge in [-0.25, -0.2) is 0 Å². The predicted octanol–water partition coefficient (Wildman–Crippen LogP) is 2.25. The lowest BCUT2D eigenvalue weighted by Crippen LogP contribution is -2.36. The maximum atomic E-state index is 9.59. The molecule has 2 N–H and O–H groups in total. The molecule has 14 heavy (non-hydrogen) atoms. The van der Waals surface area contributed by atoms with E-state index in [4.69, 9.17) is 0 Å². The summed E-state index contributed by atoms with van der Waals surface area (Å²) >= 11 is 6.65. The SMILES string of the molecule is OC(NCc1ccccc1)C(Br)CBr. The van der Waals surface area contributed by atoms with Gasteiger partial charge in [-0.1, -0.05) is 62.2 Å². The Hall–Kier alpha value is 0.1000. The molecule has 1 aromatic rings. The van der Waals surface area contributed by atoms with Gasteiger partial charge in [0.15, 0.2) is 0 Å². The van der Waals surface area contributed by atoms with Crippen molar-refractivity contribution in [1.29, 1.82) is 0 Å². The van der Waals surface area contributed by atoms with Crippen LogP contribution in [-0.4, -0.2) is 21.5 Å². The molecular formula is C10H13Br2NO. The van der Waals surface area contributed by atoms with Crippen LogP contribution in [0.4, 0.5) is 0 Å². The van der Waals surface area contributed by atoms with Crippen molar-refractivity contribution in [3.05, 3.63) is 35.9 Å². The van der Waals surface area contributed by atoms with Crippen LogP contribution in [0.5, 0.6) is 0 Å². The van der Waals surface area contributed by atoms with E-state index in [1.54, 1.807) is 0 Å². The number of rotatable bonds is 5. The minimum atomic E-state index is -0.533. The molecule has 1 aromatic carbocycles. The Morgan fingerprint density at radius 2 is 1.93 bits per heavy atom. The van der Waals surface area contributed by atoms with Gasteiger partial charge in [-0.2, -0.15) is 0 Å². The molecular weight excluding hydrogens is 310 g/mol. The van der Waals surface area contributed by atoms with Crippen molar-refractivity contribution in [3.8, 4) is 0 Å². The molecule has 0 aromatic heterocycles. The van der Waals surface area contributed by atoms with E-state index >= 15 is 0 Å². The lowest BCUT2D eigenvalue weighted by Gasteiger charge is -2.16. The van der Waals surface area contributed by atoms with Gasteiger partial charge in [-0.15, -0.1) is 0 Å². The van der Waals surface area contributed by atoms with Crippen LogP contribution in [0.3, 0.4) is 0 Å². The molecule has 0 aliphatic heterocycles. The molecule has 2 unspecified atom stereocenters. The molecule has 0 fully saturated rings. The van der Waals surface area contributed by atoms with E-state index in [2.05, 4.69) is 37.2 Å². The highest BCUT2D eigenvalue weighted by Gasteiger charge is 2.12. The molecule has 1 rings (SSSR count). The van der Waals surface area contributed by atoms with Crippen LogP contribution in [0.15, 0.2) is 30.3 Å². The summed E-state index contributed by atoms with van der Waals surface area (Å²) in [5, 5.41) is 13.3. The van der Waals surface area contributed by atoms with Crippen molar-refractivity contribution < 1.29 is 5.11 Å². The van der Waals surface area contributed by atoms with Gasteiger partial charge in [0.05, 0.1) is 4.83 Å². The van der Waals surface area contributed by atoms with E-state index in [0.717, 1.165) is 5.33 Å². The van der Waals surface area contributed by atoms with Crippen LogP contribution in [-0.2, 0) is 6.54 Å². The summed E-state index contributed by atoms with van der Waals surface area (Å²) in [6, 6.07) is 10.00. The van der Waals surface area contributed by atoms with Crippen LogP contribution < -0.4 is 5.32 Å². The summed E-state index contributed by atoms with van der Waals surface area (Å²) in [4.78, 5) is 0.0335. The molecule has 4 heteroatoms. The minimum Gasteiger partial charge on any atom is -0.377 e. The first kappa shape index (κ1) is 12.2. The molecule has 0 saturated heterocycles. The molecule has 0 amide bonds. The standard InChI is InChI=1S/C10H13Br2NO/c11-6-9(12)10(14)13-7-8-4-2-1-3-5-8/h1-5,9-10,13-14H,6-7H2. The lowest BCUT2D eigenvalue weighted by atomic mass is 10.2. The molecule has 0 heterocycles. The fourth-order valence-corrected chi connectivity index (χ4v) is 1.57. The molecule has 0 spiro atoms. The van der Waals surface area contributed by atoms with E-state index in [-0.39, 0.29) is 4.83 Å². The van der Waals surface area contributed by atoms with Gasteiger partial charge in [0.2, 0.25) is 0 Å². The van der Waals surface area contributed by atoms with Gasteiger partial charge in [-0.05, 0) is 5.56 Å². The van der Waals surface area contributed by atoms with Crippen LogP contribution >= 0.6 is 31.9 Å². The number of benzene rings is 1. The number of aliphatic hydroxyl groups is 1. The molecule has 0 radical (unpaired) electrons. The molecule has 78 valence electrons. The van der Waals surface area contributed by atoms with Gasteiger partial charge in [0.1, 0.15) is 6.23 Å². The topological polar surface area (TPSA) is 32.3 Å². The van der Waals surface area contributed by atoms with E-state index in [1.165, 1.54) is 5.56 Å². The Balaban J connectivity index is 2.34. The lowest BCUT2D eigenvalue weighted by molar-refractivity contribution is 0.140. The minimum absolute atomic E-state index is 0.0335. The third-order valence-electron chi connectivity index (χ3n) is 1.85. The normalized spacial score (nSPS) is 15.1. The first-order chi connectivity index (χ1) is 6.74. The van der Waals surface area contributed by atoms with Gasteiger partial charge in [-0.3, -0.25) is 5.32 Å². The fraction of sp³-hybridized carbons (Fsp3) is 0.400. The highest BCUT2D eigenvalue weighted by atomic mass is 79.9. The fourth-order valence-electron chi connectivity index (χ4n) is 1.03. The zero-order valence-corrected chi connectivity index (χ0v) is 10.8. The van der Waals surface area contributed by atoms with E-state index < -0.39 is 6.23 Å². The molecule has 0 aliphatic carbocycles. The number of alkyl halides is 2. The maximum Gasteiger partial charge on any atom is 0.118 e. The number of hydrogen-bond acceptors (Lipinski definition) is 2. The van der Waals surface area contributed by atoms with Crippen molar-refractivity contribution >= 4 is 31.9 Å². The van der Waals surface area contributed by atoms with Crippen LogP contribution in [0.1, 0.15) is 5.56 Å². The van der Waals surface area contributed by atoms with Crippen molar-refractivity contribution in [3.63, 3.8) is 0 Å². The number of hydrogen-bond donors (Lipinski definition) is 2. The van der Waals surface area contributed by atoms with Gasteiger partial charge >= 0.3 is 0 Å².